The second-order valence-corrected chi connectivity index (χ2v) is 3.26. The normalized spacial score (nSPS) is 9.81. The average molecular weight is 222 g/mol. The Morgan fingerprint density at radius 2 is 2.38 bits per heavy atom. The molecule has 16 heavy (non-hydrogen) atoms. The van der Waals surface area contributed by atoms with E-state index in [4.69, 9.17) is 10.5 Å². The summed E-state index contributed by atoms with van der Waals surface area (Å²) in [7, 11) is 0. The van der Waals surface area contributed by atoms with E-state index in [0.29, 0.717) is 18.3 Å². The van der Waals surface area contributed by atoms with Crippen LogP contribution in [0.4, 0.5) is 11.8 Å². The van der Waals surface area contributed by atoms with Crippen molar-refractivity contribution in [2.45, 2.75) is 19.8 Å². The van der Waals surface area contributed by atoms with Gasteiger partial charge in [-0.15, -0.1) is 6.58 Å². The number of unbranched alkanes of at least 4 members (excludes halogenated alkanes) is 1. The molecular formula is C11H18N4O. The molecule has 3 N–H and O–H groups in total. The number of ether oxygens (including phenoxy) is 1. The van der Waals surface area contributed by atoms with Crippen molar-refractivity contribution < 1.29 is 4.74 Å². The topological polar surface area (TPSA) is 73.1 Å². The summed E-state index contributed by atoms with van der Waals surface area (Å²) < 4.78 is 5.46. The van der Waals surface area contributed by atoms with Crippen LogP contribution in [0.15, 0.2) is 18.7 Å². The Bertz CT molecular complexity index is 341. The van der Waals surface area contributed by atoms with Gasteiger partial charge in [-0.3, -0.25) is 0 Å². The molecule has 0 aromatic carbocycles. The summed E-state index contributed by atoms with van der Waals surface area (Å²) in [6.45, 7) is 7.02. The Labute approximate surface area is 95.7 Å². The molecule has 0 aliphatic rings. The minimum atomic E-state index is 0.220. The van der Waals surface area contributed by atoms with Crippen molar-refractivity contribution >= 4 is 11.8 Å². The van der Waals surface area contributed by atoms with E-state index in [-0.39, 0.29) is 5.95 Å². The Balaban J connectivity index is 2.54. The fraction of sp³-hybridized carbons (Fsp3) is 0.455. The highest BCUT2D eigenvalue weighted by Crippen LogP contribution is 2.14. The maximum absolute atomic E-state index is 5.56. The third-order valence-electron chi connectivity index (χ3n) is 1.88. The number of rotatable bonds is 7. The molecule has 0 aliphatic heterocycles. The number of nitrogens with one attached hydrogen (secondary N) is 1. The molecule has 0 atom stereocenters. The van der Waals surface area contributed by atoms with Crippen molar-refractivity contribution in [2.24, 2.45) is 0 Å². The molecule has 1 heterocycles. The van der Waals surface area contributed by atoms with E-state index >= 15 is 0 Å². The molecule has 5 heteroatoms. The Morgan fingerprint density at radius 1 is 1.56 bits per heavy atom. The molecule has 1 aromatic rings. The molecule has 0 aliphatic carbocycles. The maximum Gasteiger partial charge on any atom is 0.225 e. The number of hydrogen-bond donors (Lipinski definition) is 2. The number of nitrogens with zero attached hydrogens (tertiary/aromatic N) is 2. The molecule has 0 radical (unpaired) electrons. The summed E-state index contributed by atoms with van der Waals surface area (Å²) >= 11 is 0. The van der Waals surface area contributed by atoms with Gasteiger partial charge in [0.25, 0.3) is 0 Å². The first kappa shape index (κ1) is 12.3. The number of hydrogen-bond acceptors (Lipinski definition) is 5. The van der Waals surface area contributed by atoms with Gasteiger partial charge in [0.1, 0.15) is 5.82 Å². The number of aromatic nitrogens is 2. The largest absolute Gasteiger partial charge is 0.477 e. The van der Waals surface area contributed by atoms with E-state index in [9.17, 15) is 0 Å². The van der Waals surface area contributed by atoms with Crippen LogP contribution in [0.3, 0.4) is 0 Å². The quantitative estimate of drug-likeness (QED) is 0.544. The first-order valence-electron chi connectivity index (χ1n) is 5.38. The lowest BCUT2D eigenvalue weighted by atomic mass is 10.3. The monoisotopic (exact) mass is 222 g/mol. The van der Waals surface area contributed by atoms with E-state index in [0.717, 1.165) is 19.4 Å². The summed E-state index contributed by atoms with van der Waals surface area (Å²) in [6, 6.07) is 1.74. The number of nitrogen functional groups attached to an aromatic ring is 1. The molecule has 88 valence electrons. The third-order valence-corrected chi connectivity index (χ3v) is 1.88. The molecule has 0 spiro atoms. The third kappa shape index (κ3) is 4.16. The number of anilines is 2. The lowest BCUT2D eigenvalue weighted by Crippen LogP contribution is -2.06. The second kappa shape index (κ2) is 6.66. The summed E-state index contributed by atoms with van der Waals surface area (Å²) in [5, 5.41) is 3.06. The minimum absolute atomic E-state index is 0.220. The summed E-state index contributed by atoms with van der Waals surface area (Å²) in [4.78, 5) is 8.02. The van der Waals surface area contributed by atoms with Gasteiger partial charge < -0.3 is 15.8 Å². The van der Waals surface area contributed by atoms with Crippen LogP contribution >= 0.6 is 0 Å². The highest BCUT2D eigenvalue weighted by atomic mass is 16.5. The van der Waals surface area contributed by atoms with Gasteiger partial charge >= 0.3 is 0 Å². The first-order chi connectivity index (χ1) is 7.76. The van der Waals surface area contributed by atoms with E-state index < -0.39 is 0 Å². The Kier molecular flexibility index (Phi) is 5.11. The van der Waals surface area contributed by atoms with Crippen LogP contribution in [0.25, 0.3) is 0 Å². The summed E-state index contributed by atoms with van der Waals surface area (Å²) in [5.74, 6) is 1.42. The van der Waals surface area contributed by atoms with Gasteiger partial charge in [-0.25, -0.2) is 0 Å². The predicted octanol–water partition coefficient (Wildman–Crippen LogP) is 1.84. The van der Waals surface area contributed by atoms with Crippen LogP contribution in [-0.4, -0.2) is 23.1 Å². The fourth-order valence-electron chi connectivity index (χ4n) is 1.19. The van der Waals surface area contributed by atoms with Crippen molar-refractivity contribution in [1.29, 1.82) is 0 Å². The van der Waals surface area contributed by atoms with Crippen LogP contribution in [0.2, 0.25) is 0 Å². The molecule has 0 saturated carbocycles. The van der Waals surface area contributed by atoms with Crippen LogP contribution in [-0.2, 0) is 0 Å². The van der Waals surface area contributed by atoms with E-state index in [1.807, 2.05) is 13.0 Å². The molecular weight excluding hydrogens is 204 g/mol. The van der Waals surface area contributed by atoms with Crippen LogP contribution in [0, 0.1) is 0 Å². The molecule has 0 amide bonds. The summed E-state index contributed by atoms with van der Waals surface area (Å²) in [5.41, 5.74) is 5.56. The van der Waals surface area contributed by atoms with Gasteiger partial charge in [-0.1, -0.05) is 6.08 Å². The van der Waals surface area contributed by atoms with Crippen molar-refractivity contribution in [3.63, 3.8) is 0 Å². The maximum atomic E-state index is 5.56. The highest BCUT2D eigenvalue weighted by molar-refractivity contribution is 5.42. The molecule has 1 rings (SSSR count). The molecule has 5 nitrogen and oxygen atoms in total. The Morgan fingerprint density at radius 3 is 3.06 bits per heavy atom. The SMILES string of the molecule is C=CCCCOc1cc(NCC)nc(N)n1. The fourth-order valence-corrected chi connectivity index (χ4v) is 1.19. The van der Waals surface area contributed by atoms with Gasteiger partial charge in [-0.05, 0) is 19.8 Å². The molecule has 0 bridgehead atoms. The van der Waals surface area contributed by atoms with Crippen LogP contribution < -0.4 is 15.8 Å². The lowest BCUT2D eigenvalue weighted by Gasteiger charge is -2.07. The zero-order chi connectivity index (χ0) is 11.8. The van der Waals surface area contributed by atoms with Gasteiger partial charge in [0.2, 0.25) is 11.8 Å². The minimum Gasteiger partial charge on any atom is -0.477 e. The zero-order valence-electron chi connectivity index (χ0n) is 9.57. The predicted molar refractivity (Wildman–Crippen MR) is 65.5 cm³/mol. The van der Waals surface area contributed by atoms with Gasteiger partial charge in [-0.2, -0.15) is 9.97 Å². The van der Waals surface area contributed by atoms with Crippen LogP contribution in [0.5, 0.6) is 5.88 Å². The Hall–Kier alpha value is -1.78. The number of nitrogens with two attached hydrogens (primary N) is 1. The zero-order valence-corrected chi connectivity index (χ0v) is 9.57. The highest BCUT2D eigenvalue weighted by Gasteiger charge is 2.02. The van der Waals surface area contributed by atoms with Gasteiger partial charge in [0, 0.05) is 12.6 Å². The van der Waals surface area contributed by atoms with E-state index in [2.05, 4.69) is 21.9 Å². The average Bonchev–Trinajstić information content (AvgIpc) is 2.24. The van der Waals surface area contributed by atoms with Crippen LogP contribution in [0.1, 0.15) is 19.8 Å². The lowest BCUT2D eigenvalue weighted by molar-refractivity contribution is 0.300. The van der Waals surface area contributed by atoms with Crippen molar-refractivity contribution in [3.05, 3.63) is 18.7 Å². The molecule has 1 aromatic heterocycles. The first-order valence-corrected chi connectivity index (χ1v) is 5.38. The van der Waals surface area contributed by atoms with Crippen molar-refractivity contribution in [1.82, 2.24) is 9.97 Å². The van der Waals surface area contributed by atoms with Gasteiger partial charge in [0.15, 0.2) is 0 Å². The standard InChI is InChI=1S/C11H18N4O/c1-3-5-6-7-16-10-8-9(13-4-2)14-11(12)15-10/h3,8H,1,4-7H2,2H3,(H3,12,13,14,15). The van der Waals surface area contributed by atoms with E-state index in [1.165, 1.54) is 0 Å². The number of allylic oxidation sites excluding steroid dienone is 1. The summed E-state index contributed by atoms with van der Waals surface area (Å²) in [6.07, 6.45) is 3.71. The van der Waals surface area contributed by atoms with Gasteiger partial charge in [0.05, 0.1) is 6.61 Å². The van der Waals surface area contributed by atoms with Crippen molar-refractivity contribution in [2.75, 3.05) is 24.2 Å². The smallest absolute Gasteiger partial charge is 0.225 e. The molecule has 0 fully saturated rings. The van der Waals surface area contributed by atoms with Crippen molar-refractivity contribution in [3.8, 4) is 5.88 Å². The molecule has 0 saturated heterocycles. The molecule has 0 unspecified atom stereocenters. The van der Waals surface area contributed by atoms with E-state index in [1.54, 1.807) is 6.07 Å². The second-order valence-electron chi connectivity index (χ2n) is 3.26.